The third-order valence-corrected chi connectivity index (χ3v) is 3.86. The summed E-state index contributed by atoms with van der Waals surface area (Å²) < 4.78 is 0.988. The molecule has 0 radical (unpaired) electrons. The van der Waals surface area contributed by atoms with Crippen LogP contribution in [0.15, 0.2) is 22.7 Å². The number of hydrogen-bond donors (Lipinski definition) is 1. The zero-order valence-corrected chi connectivity index (χ0v) is 12.3. The van der Waals surface area contributed by atoms with E-state index in [2.05, 4.69) is 22.9 Å². The Bertz CT molecular complexity index is 417. The molecule has 94 valence electrons. The molecule has 3 heteroatoms. The van der Waals surface area contributed by atoms with Gasteiger partial charge in [-0.2, -0.15) is 0 Å². The predicted molar refractivity (Wildman–Crippen MR) is 75.0 cm³/mol. The van der Waals surface area contributed by atoms with E-state index in [9.17, 15) is 4.79 Å². The maximum absolute atomic E-state index is 11.8. The van der Waals surface area contributed by atoms with Crippen LogP contribution >= 0.6 is 15.9 Å². The van der Waals surface area contributed by atoms with Gasteiger partial charge in [-0.25, -0.2) is 0 Å². The molecule has 0 aliphatic rings. The zero-order valence-electron chi connectivity index (χ0n) is 10.7. The quantitative estimate of drug-likeness (QED) is 0.885. The van der Waals surface area contributed by atoms with Crippen molar-refractivity contribution in [3.05, 3.63) is 33.8 Å². The molecule has 1 atom stereocenters. The summed E-state index contributed by atoms with van der Waals surface area (Å²) in [5.41, 5.74) is 7.19. The van der Waals surface area contributed by atoms with Gasteiger partial charge in [0, 0.05) is 4.47 Å². The van der Waals surface area contributed by atoms with Gasteiger partial charge in [0.2, 0.25) is 5.91 Å². The Hall–Kier alpha value is -0.830. The Morgan fingerprint density at radius 1 is 1.47 bits per heavy atom. The number of carbonyl (C=O) groups excluding carboxylic acids is 1. The summed E-state index contributed by atoms with van der Waals surface area (Å²) in [4.78, 5) is 11.8. The molecule has 0 spiro atoms. The van der Waals surface area contributed by atoms with Gasteiger partial charge in [0.05, 0.1) is 5.41 Å². The van der Waals surface area contributed by atoms with Crippen molar-refractivity contribution in [3.8, 4) is 0 Å². The molecule has 0 fully saturated rings. The third-order valence-electron chi connectivity index (χ3n) is 3.37. The fourth-order valence-electron chi connectivity index (χ4n) is 2.11. The lowest BCUT2D eigenvalue weighted by molar-refractivity contribution is -0.123. The topological polar surface area (TPSA) is 43.1 Å². The Kier molecular flexibility index (Phi) is 4.75. The van der Waals surface area contributed by atoms with Gasteiger partial charge >= 0.3 is 0 Å². The van der Waals surface area contributed by atoms with Crippen molar-refractivity contribution in [1.82, 2.24) is 0 Å². The molecule has 0 saturated carbocycles. The van der Waals surface area contributed by atoms with Crippen molar-refractivity contribution >= 4 is 21.8 Å². The van der Waals surface area contributed by atoms with Crippen molar-refractivity contribution in [3.63, 3.8) is 0 Å². The highest BCUT2D eigenvalue weighted by Crippen LogP contribution is 2.33. The highest BCUT2D eigenvalue weighted by Gasteiger charge is 2.33. The predicted octanol–water partition coefficient (Wildman–Crippen LogP) is 3.69. The van der Waals surface area contributed by atoms with Crippen molar-refractivity contribution in [2.75, 3.05) is 0 Å². The smallest absolute Gasteiger partial charge is 0.227 e. The molecule has 0 aromatic heterocycles. The van der Waals surface area contributed by atoms with E-state index >= 15 is 0 Å². The SMILES string of the molecule is CCCCC(C)(C(N)=O)c1cc(Br)ccc1C. The van der Waals surface area contributed by atoms with Crippen LogP contribution in [0.3, 0.4) is 0 Å². The second-order valence-corrected chi connectivity index (χ2v) is 5.67. The Labute approximate surface area is 112 Å². The third kappa shape index (κ3) is 3.09. The van der Waals surface area contributed by atoms with E-state index in [1.165, 1.54) is 0 Å². The molecular weight excluding hydrogens is 278 g/mol. The van der Waals surface area contributed by atoms with E-state index in [0.717, 1.165) is 34.9 Å². The lowest BCUT2D eigenvalue weighted by atomic mass is 9.76. The summed E-state index contributed by atoms with van der Waals surface area (Å²) in [6.45, 7) is 6.09. The van der Waals surface area contributed by atoms with Crippen molar-refractivity contribution in [2.45, 2.75) is 45.4 Å². The monoisotopic (exact) mass is 297 g/mol. The van der Waals surface area contributed by atoms with Crippen molar-refractivity contribution in [2.24, 2.45) is 5.73 Å². The van der Waals surface area contributed by atoms with Gasteiger partial charge in [0.15, 0.2) is 0 Å². The number of unbranched alkanes of at least 4 members (excludes halogenated alkanes) is 1. The minimum Gasteiger partial charge on any atom is -0.369 e. The minimum atomic E-state index is -0.566. The average Bonchev–Trinajstić information content (AvgIpc) is 2.29. The summed E-state index contributed by atoms with van der Waals surface area (Å²) in [5, 5.41) is 0. The normalized spacial score (nSPS) is 14.4. The molecule has 0 aliphatic heterocycles. The standard InChI is InChI=1S/C14H20BrNO/c1-4-5-8-14(3,13(16)17)12-9-11(15)7-6-10(12)2/h6-7,9H,4-5,8H2,1-3H3,(H2,16,17). The first kappa shape index (κ1) is 14.2. The number of rotatable bonds is 5. The van der Waals surface area contributed by atoms with Crippen LogP contribution in [0.5, 0.6) is 0 Å². The number of amides is 1. The number of benzene rings is 1. The summed E-state index contributed by atoms with van der Waals surface area (Å²) in [6.07, 6.45) is 2.87. The van der Waals surface area contributed by atoms with E-state index in [1.54, 1.807) is 0 Å². The maximum Gasteiger partial charge on any atom is 0.227 e. The Morgan fingerprint density at radius 2 is 2.12 bits per heavy atom. The first-order valence-corrected chi connectivity index (χ1v) is 6.77. The lowest BCUT2D eigenvalue weighted by Crippen LogP contribution is -2.39. The van der Waals surface area contributed by atoms with Gasteiger partial charge in [0.1, 0.15) is 0 Å². The molecule has 1 aromatic carbocycles. The Morgan fingerprint density at radius 3 is 2.65 bits per heavy atom. The second-order valence-electron chi connectivity index (χ2n) is 4.76. The number of carbonyl (C=O) groups is 1. The van der Waals surface area contributed by atoms with E-state index in [4.69, 9.17) is 5.73 Å². The van der Waals surface area contributed by atoms with Gasteiger partial charge in [-0.15, -0.1) is 0 Å². The lowest BCUT2D eigenvalue weighted by Gasteiger charge is -2.28. The molecule has 0 saturated heterocycles. The van der Waals surface area contributed by atoms with Gasteiger partial charge in [-0.05, 0) is 43.5 Å². The van der Waals surface area contributed by atoms with Gasteiger partial charge in [0.25, 0.3) is 0 Å². The summed E-state index contributed by atoms with van der Waals surface area (Å²) >= 11 is 3.45. The number of nitrogens with two attached hydrogens (primary N) is 1. The molecule has 2 nitrogen and oxygen atoms in total. The van der Waals surface area contributed by atoms with Gasteiger partial charge in [-0.3, -0.25) is 4.79 Å². The zero-order chi connectivity index (χ0) is 13.1. The van der Waals surface area contributed by atoms with Crippen LogP contribution < -0.4 is 5.73 Å². The van der Waals surface area contributed by atoms with Crippen LogP contribution in [0.4, 0.5) is 0 Å². The molecular formula is C14H20BrNO. The van der Waals surface area contributed by atoms with Crippen LogP contribution in [0.2, 0.25) is 0 Å². The molecule has 1 rings (SSSR count). The number of primary amides is 1. The molecule has 2 N–H and O–H groups in total. The number of aryl methyl sites for hydroxylation is 1. The van der Waals surface area contributed by atoms with E-state index in [-0.39, 0.29) is 5.91 Å². The molecule has 0 bridgehead atoms. The number of hydrogen-bond acceptors (Lipinski definition) is 1. The van der Waals surface area contributed by atoms with Crippen molar-refractivity contribution < 1.29 is 4.79 Å². The minimum absolute atomic E-state index is 0.243. The van der Waals surface area contributed by atoms with Crippen LogP contribution in [-0.4, -0.2) is 5.91 Å². The van der Waals surface area contributed by atoms with Gasteiger partial charge in [-0.1, -0.05) is 41.8 Å². The van der Waals surface area contributed by atoms with Crippen LogP contribution in [0.1, 0.15) is 44.2 Å². The van der Waals surface area contributed by atoms with Crippen molar-refractivity contribution in [1.29, 1.82) is 0 Å². The van der Waals surface area contributed by atoms with Crippen LogP contribution in [0.25, 0.3) is 0 Å². The molecule has 0 heterocycles. The fourth-order valence-corrected chi connectivity index (χ4v) is 2.47. The molecule has 0 aliphatic carbocycles. The first-order chi connectivity index (χ1) is 7.91. The van der Waals surface area contributed by atoms with Gasteiger partial charge < -0.3 is 5.73 Å². The Balaban J connectivity index is 3.21. The fraction of sp³-hybridized carbons (Fsp3) is 0.500. The summed E-state index contributed by atoms with van der Waals surface area (Å²) in [7, 11) is 0. The highest BCUT2D eigenvalue weighted by atomic mass is 79.9. The van der Waals surface area contributed by atoms with E-state index in [1.807, 2.05) is 32.0 Å². The largest absolute Gasteiger partial charge is 0.369 e. The van der Waals surface area contributed by atoms with Crippen LogP contribution in [0, 0.1) is 6.92 Å². The summed E-state index contributed by atoms with van der Waals surface area (Å²) in [6, 6.07) is 6.02. The molecule has 1 amide bonds. The number of halogens is 1. The molecule has 1 unspecified atom stereocenters. The second kappa shape index (κ2) is 5.67. The average molecular weight is 298 g/mol. The first-order valence-electron chi connectivity index (χ1n) is 5.98. The summed E-state index contributed by atoms with van der Waals surface area (Å²) in [5.74, 6) is -0.243. The molecule has 1 aromatic rings. The highest BCUT2D eigenvalue weighted by molar-refractivity contribution is 9.10. The van der Waals surface area contributed by atoms with E-state index < -0.39 is 5.41 Å². The molecule has 17 heavy (non-hydrogen) atoms. The van der Waals surface area contributed by atoms with E-state index in [0.29, 0.717) is 0 Å². The maximum atomic E-state index is 11.8. The van der Waals surface area contributed by atoms with Crippen LogP contribution in [-0.2, 0) is 10.2 Å².